The number of anilines is 2. The molecule has 0 radical (unpaired) electrons. The number of hydrogen-bond acceptors (Lipinski definition) is 6. The van der Waals surface area contributed by atoms with E-state index in [0.717, 1.165) is 6.07 Å². The number of nitrogens with one attached hydrogen (secondary N) is 1. The lowest BCUT2D eigenvalue weighted by molar-refractivity contribution is -0.153. The van der Waals surface area contributed by atoms with Crippen LogP contribution < -0.4 is 11.1 Å². The number of carbonyl (C=O) groups excluding carboxylic acids is 2. The first kappa shape index (κ1) is 21.5. The number of hydrogen-bond donors (Lipinski definition) is 2. The third-order valence-electron chi connectivity index (χ3n) is 4.71. The summed E-state index contributed by atoms with van der Waals surface area (Å²) in [6.07, 6.45) is -2.51. The minimum atomic E-state index is -4.53. The monoisotopic (exact) mass is 423 g/mol. The second-order valence-corrected chi connectivity index (χ2v) is 6.96. The molecule has 2 unspecified atom stereocenters. The molecule has 2 atom stereocenters. The topological polar surface area (TPSA) is 110 Å². The molecule has 0 aliphatic carbocycles. The van der Waals surface area contributed by atoms with Crippen molar-refractivity contribution in [3.8, 4) is 0 Å². The number of rotatable bonds is 2. The first-order valence-corrected chi connectivity index (χ1v) is 9.04. The lowest BCUT2D eigenvalue weighted by Crippen LogP contribution is -2.52. The van der Waals surface area contributed by atoms with Crippen LogP contribution in [-0.2, 0) is 20.5 Å². The van der Waals surface area contributed by atoms with Gasteiger partial charge in [0.1, 0.15) is 5.82 Å². The van der Waals surface area contributed by atoms with Gasteiger partial charge in [-0.25, -0.2) is 4.98 Å². The largest absolute Gasteiger partial charge is 0.417 e. The molecule has 2 aromatic heterocycles. The molecule has 2 aromatic rings. The molecule has 1 aliphatic rings. The summed E-state index contributed by atoms with van der Waals surface area (Å²) < 4.78 is 43.8. The lowest BCUT2D eigenvalue weighted by atomic mass is 10.1. The Kier molecular flexibility index (Phi) is 5.92. The number of nitrogen functional groups attached to an aromatic ring is 1. The van der Waals surface area contributed by atoms with Crippen molar-refractivity contribution in [3.63, 3.8) is 0 Å². The van der Waals surface area contributed by atoms with E-state index in [-0.39, 0.29) is 18.9 Å². The van der Waals surface area contributed by atoms with Crippen molar-refractivity contribution < 1.29 is 27.5 Å². The highest BCUT2D eigenvalue weighted by molar-refractivity contribution is 6.39. The number of nitrogens with zero attached hydrogens (tertiary/aromatic N) is 3. The average molecular weight is 423 g/mol. The van der Waals surface area contributed by atoms with E-state index in [4.69, 9.17) is 10.5 Å². The van der Waals surface area contributed by atoms with Crippen molar-refractivity contribution in [1.82, 2.24) is 14.9 Å². The highest BCUT2D eigenvalue weighted by Crippen LogP contribution is 2.31. The quantitative estimate of drug-likeness (QED) is 0.718. The van der Waals surface area contributed by atoms with Crippen molar-refractivity contribution in [2.24, 2.45) is 0 Å². The summed E-state index contributed by atoms with van der Waals surface area (Å²) in [4.78, 5) is 34.5. The van der Waals surface area contributed by atoms with Gasteiger partial charge >= 0.3 is 18.0 Å². The van der Waals surface area contributed by atoms with E-state index in [1.54, 1.807) is 19.9 Å². The molecule has 0 spiro atoms. The van der Waals surface area contributed by atoms with Crippen LogP contribution in [0.3, 0.4) is 0 Å². The molecule has 8 nitrogen and oxygen atoms in total. The Hall–Kier alpha value is -3.21. The molecule has 2 amide bonds. The van der Waals surface area contributed by atoms with Crippen LogP contribution in [0.2, 0.25) is 0 Å². The van der Waals surface area contributed by atoms with Gasteiger partial charge in [0.25, 0.3) is 0 Å². The summed E-state index contributed by atoms with van der Waals surface area (Å²) in [6, 6.07) is 2.34. The van der Waals surface area contributed by atoms with E-state index in [0.29, 0.717) is 23.3 Å². The minimum Gasteiger partial charge on any atom is -0.383 e. The highest BCUT2D eigenvalue weighted by Gasteiger charge is 2.38. The van der Waals surface area contributed by atoms with Crippen LogP contribution in [0.5, 0.6) is 0 Å². The standard InChI is InChI=1S/C19H20F3N5O3/c1-10-5-13(7-25-16(10)23)26-17(28)18(29)27-11(2)8-30-9-15(27)14-4-3-12(6-24-14)19(20,21)22/h3-7,11,15H,8-9H2,1-2H3,(H2,23,25)(H,26,28). The Bertz CT molecular complexity index is 949. The SMILES string of the molecule is Cc1cc(NC(=O)C(=O)N2C(C)COCC2c2ccc(C(F)(F)F)cn2)cnc1N. The molecule has 160 valence electrons. The van der Waals surface area contributed by atoms with Crippen molar-refractivity contribution in [2.75, 3.05) is 24.3 Å². The number of ether oxygens (including phenoxy) is 1. The second-order valence-electron chi connectivity index (χ2n) is 6.96. The van der Waals surface area contributed by atoms with Crippen LogP contribution in [0.15, 0.2) is 30.6 Å². The van der Waals surface area contributed by atoms with Crippen LogP contribution in [0.4, 0.5) is 24.7 Å². The fourth-order valence-electron chi connectivity index (χ4n) is 3.11. The van der Waals surface area contributed by atoms with Crippen molar-refractivity contribution in [3.05, 3.63) is 47.4 Å². The predicted octanol–water partition coefficient (Wildman–Crippen LogP) is 2.31. The smallest absolute Gasteiger partial charge is 0.383 e. The Morgan fingerprint density at radius 3 is 2.57 bits per heavy atom. The fraction of sp³-hybridized carbons (Fsp3) is 0.368. The van der Waals surface area contributed by atoms with Crippen molar-refractivity contribution in [1.29, 1.82) is 0 Å². The van der Waals surface area contributed by atoms with Crippen LogP contribution in [0, 0.1) is 6.92 Å². The molecule has 3 rings (SSSR count). The zero-order chi connectivity index (χ0) is 22.1. The van der Waals surface area contributed by atoms with E-state index in [9.17, 15) is 22.8 Å². The first-order valence-electron chi connectivity index (χ1n) is 9.04. The van der Waals surface area contributed by atoms with Gasteiger partial charge < -0.3 is 20.7 Å². The number of aromatic nitrogens is 2. The number of aryl methyl sites for hydroxylation is 1. The molecule has 1 fully saturated rings. The van der Waals surface area contributed by atoms with E-state index < -0.39 is 35.6 Å². The fourth-order valence-corrected chi connectivity index (χ4v) is 3.11. The van der Waals surface area contributed by atoms with Gasteiger partial charge in [-0.05, 0) is 37.6 Å². The minimum absolute atomic E-state index is 0.00422. The summed E-state index contributed by atoms with van der Waals surface area (Å²) in [6.45, 7) is 3.56. The normalized spacial score (nSPS) is 19.4. The van der Waals surface area contributed by atoms with E-state index in [2.05, 4.69) is 15.3 Å². The molecular weight excluding hydrogens is 403 g/mol. The molecule has 11 heteroatoms. The van der Waals surface area contributed by atoms with E-state index >= 15 is 0 Å². The zero-order valence-electron chi connectivity index (χ0n) is 16.2. The number of pyridine rings is 2. The van der Waals surface area contributed by atoms with Crippen LogP contribution in [0.25, 0.3) is 0 Å². The van der Waals surface area contributed by atoms with Gasteiger partial charge in [-0.3, -0.25) is 14.6 Å². The van der Waals surface area contributed by atoms with Gasteiger partial charge in [-0.1, -0.05) is 0 Å². The van der Waals surface area contributed by atoms with Crippen LogP contribution in [-0.4, -0.2) is 45.9 Å². The van der Waals surface area contributed by atoms with Crippen LogP contribution in [0.1, 0.15) is 29.8 Å². The molecule has 1 saturated heterocycles. The number of nitrogens with two attached hydrogens (primary N) is 1. The number of carbonyl (C=O) groups is 2. The van der Waals surface area contributed by atoms with Crippen molar-refractivity contribution in [2.45, 2.75) is 32.1 Å². The Balaban J connectivity index is 1.82. The molecule has 30 heavy (non-hydrogen) atoms. The van der Waals surface area contributed by atoms with E-state index in [1.165, 1.54) is 17.2 Å². The maximum Gasteiger partial charge on any atom is 0.417 e. The molecule has 3 heterocycles. The number of amides is 2. The number of alkyl halides is 3. The molecule has 1 aliphatic heterocycles. The van der Waals surface area contributed by atoms with Crippen LogP contribution >= 0.6 is 0 Å². The van der Waals surface area contributed by atoms with Gasteiger partial charge in [0.05, 0.1) is 48.4 Å². The maximum atomic E-state index is 12.9. The summed E-state index contributed by atoms with van der Waals surface area (Å²) in [5, 5.41) is 2.47. The Morgan fingerprint density at radius 1 is 1.23 bits per heavy atom. The molecule has 0 aromatic carbocycles. The first-order chi connectivity index (χ1) is 14.1. The second kappa shape index (κ2) is 8.27. The van der Waals surface area contributed by atoms with Gasteiger partial charge in [0.15, 0.2) is 0 Å². The van der Waals surface area contributed by atoms with Gasteiger partial charge in [-0.2, -0.15) is 13.2 Å². The maximum absolute atomic E-state index is 12.9. The summed E-state index contributed by atoms with van der Waals surface area (Å²) in [7, 11) is 0. The average Bonchev–Trinajstić information content (AvgIpc) is 2.69. The highest BCUT2D eigenvalue weighted by atomic mass is 19.4. The van der Waals surface area contributed by atoms with Crippen molar-refractivity contribution >= 4 is 23.3 Å². The predicted molar refractivity (Wildman–Crippen MR) is 101 cm³/mol. The van der Waals surface area contributed by atoms with Gasteiger partial charge in [0.2, 0.25) is 0 Å². The zero-order valence-corrected chi connectivity index (χ0v) is 16.2. The molecule has 3 N–H and O–H groups in total. The van der Waals surface area contributed by atoms with Gasteiger partial charge in [-0.15, -0.1) is 0 Å². The Labute approximate surface area is 170 Å². The Morgan fingerprint density at radius 2 is 1.97 bits per heavy atom. The van der Waals surface area contributed by atoms with Gasteiger partial charge in [0, 0.05) is 6.20 Å². The van der Waals surface area contributed by atoms with E-state index in [1.807, 2.05) is 0 Å². The summed E-state index contributed by atoms with van der Waals surface area (Å²) >= 11 is 0. The summed E-state index contributed by atoms with van der Waals surface area (Å²) in [5.74, 6) is -1.46. The summed E-state index contributed by atoms with van der Waals surface area (Å²) in [5.41, 5.74) is 5.86. The molecule has 0 bridgehead atoms. The molecular formula is C19H20F3N5O3. The third-order valence-corrected chi connectivity index (χ3v) is 4.71. The molecule has 0 saturated carbocycles. The lowest BCUT2D eigenvalue weighted by Gasteiger charge is -2.39. The number of halogens is 3. The third kappa shape index (κ3) is 4.51. The number of morpholine rings is 1.